The van der Waals surface area contributed by atoms with Crippen molar-refractivity contribution in [3.8, 4) is 11.5 Å². The number of methoxy groups -OCH3 is 1. The van der Waals surface area contributed by atoms with Gasteiger partial charge in [-0.25, -0.2) is 4.98 Å². The topological polar surface area (TPSA) is 98.9 Å². The van der Waals surface area contributed by atoms with Crippen LogP contribution in [0.3, 0.4) is 0 Å². The molecule has 0 saturated carbocycles. The van der Waals surface area contributed by atoms with Crippen LogP contribution in [0.15, 0.2) is 48.2 Å². The number of aromatic nitrogens is 1. The third kappa shape index (κ3) is 4.79. The lowest BCUT2D eigenvalue weighted by Crippen LogP contribution is -2.01. The number of allylic oxidation sites excluding steroid dienone is 1. The van der Waals surface area contributed by atoms with Crippen molar-refractivity contribution in [2.45, 2.75) is 13.3 Å². The molecule has 0 aliphatic rings. The Morgan fingerprint density at radius 1 is 1.42 bits per heavy atom. The highest BCUT2D eigenvalue weighted by molar-refractivity contribution is 5.82. The normalized spacial score (nSPS) is 10.5. The molecule has 1 N–H and O–H groups in total. The van der Waals surface area contributed by atoms with Crippen molar-refractivity contribution in [3.63, 3.8) is 0 Å². The van der Waals surface area contributed by atoms with E-state index in [1.807, 2.05) is 19.1 Å². The predicted octanol–water partition coefficient (Wildman–Crippen LogP) is 3.57. The van der Waals surface area contributed by atoms with Crippen molar-refractivity contribution in [2.75, 3.05) is 19.1 Å². The van der Waals surface area contributed by atoms with E-state index in [9.17, 15) is 10.1 Å². The number of hydrogen-bond donors (Lipinski definition) is 1. The number of nitro groups is 1. The zero-order valence-corrected chi connectivity index (χ0v) is 14.6. The molecule has 26 heavy (non-hydrogen) atoms. The fraction of sp³-hybridized carbons (Fsp3) is 0.222. The maximum absolute atomic E-state index is 10.6. The minimum absolute atomic E-state index is 0.0786. The first kappa shape index (κ1) is 18.9. The van der Waals surface area contributed by atoms with Crippen LogP contribution in [0.25, 0.3) is 0 Å². The highest BCUT2D eigenvalue weighted by Crippen LogP contribution is 2.33. The third-order valence-corrected chi connectivity index (χ3v) is 3.37. The van der Waals surface area contributed by atoms with Crippen LogP contribution in [-0.4, -0.2) is 29.8 Å². The molecule has 0 amide bonds. The van der Waals surface area contributed by atoms with E-state index >= 15 is 0 Å². The first-order valence-electron chi connectivity index (χ1n) is 7.93. The quantitative estimate of drug-likeness (QED) is 0.319. The molecule has 0 atom stereocenters. The number of anilines is 1. The molecule has 136 valence electrons. The number of ether oxygens (including phenoxy) is 2. The summed E-state index contributed by atoms with van der Waals surface area (Å²) in [4.78, 5) is 14.0. The summed E-state index contributed by atoms with van der Waals surface area (Å²) in [5.74, 6) is 1.70. The molecule has 1 heterocycles. The van der Waals surface area contributed by atoms with Gasteiger partial charge in [0.05, 0.1) is 24.9 Å². The van der Waals surface area contributed by atoms with Crippen molar-refractivity contribution in [2.24, 2.45) is 5.10 Å². The van der Waals surface area contributed by atoms with E-state index in [1.54, 1.807) is 19.4 Å². The molecule has 0 spiro atoms. The van der Waals surface area contributed by atoms with Crippen molar-refractivity contribution in [3.05, 3.63) is 64.4 Å². The average Bonchev–Trinajstić information content (AvgIpc) is 2.63. The predicted molar refractivity (Wildman–Crippen MR) is 100 cm³/mol. The molecule has 2 rings (SSSR count). The molecule has 2 aromatic rings. The first-order chi connectivity index (χ1) is 12.6. The minimum Gasteiger partial charge on any atom is -0.493 e. The standard InChI is InChI=1S/C18H20N4O4/c1-4-6-14-9-13(10-16(26-5-2)18(14)25-3)11-20-21-17-8-7-15(12-19-17)22(23)24/h4,7-12H,1,5-6H2,2-3H3,(H,19,21)/b20-11+. The summed E-state index contributed by atoms with van der Waals surface area (Å²) in [6, 6.07) is 6.59. The van der Waals surface area contributed by atoms with Crippen LogP contribution in [0.4, 0.5) is 11.5 Å². The number of nitrogens with one attached hydrogen (secondary N) is 1. The van der Waals surface area contributed by atoms with E-state index in [2.05, 4.69) is 22.1 Å². The van der Waals surface area contributed by atoms with Crippen LogP contribution in [-0.2, 0) is 6.42 Å². The number of pyridine rings is 1. The van der Waals surface area contributed by atoms with Crippen LogP contribution < -0.4 is 14.9 Å². The van der Waals surface area contributed by atoms with Gasteiger partial charge in [0.25, 0.3) is 5.69 Å². The fourth-order valence-corrected chi connectivity index (χ4v) is 2.29. The zero-order valence-electron chi connectivity index (χ0n) is 14.6. The average molecular weight is 356 g/mol. The van der Waals surface area contributed by atoms with Gasteiger partial charge < -0.3 is 9.47 Å². The summed E-state index contributed by atoms with van der Waals surface area (Å²) in [5, 5.41) is 14.7. The second-order valence-electron chi connectivity index (χ2n) is 5.17. The second-order valence-corrected chi connectivity index (χ2v) is 5.17. The van der Waals surface area contributed by atoms with Crippen molar-refractivity contribution in [1.29, 1.82) is 0 Å². The highest BCUT2D eigenvalue weighted by Gasteiger charge is 2.11. The van der Waals surface area contributed by atoms with E-state index in [1.165, 1.54) is 18.3 Å². The number of benzene rings is 1. The third-order valence-electron chi connectivity index (χ3n) is 3.37. The van der Waals surface area contributed by atoms with Gasteiger partial charge in [0.15, 0.2) is 11.5 Å². The van der Waals surface area contributed by atoms with Crippen LogP contribution >= 0.6 is 0 Å². The lowest BCUT2D eigenvalue weighted by Gasteiger charge is -2.14. The first-order valence-corrected chi connectivity index (χ1v) is 7.93. The van der Waals surface area contributed by atoms with E-state index in [-0.39, 0.29) is 5.69 Å². The summed E-state index contributed by atoms with van der Waals surface area (Å²) in [5.41, 5.74) is 4.40. The second kappa shape index (κ2) is 9.16. The number of hydrazone groups is 1. The summed E-state index contributed by atoms with van der Waals surface area (Å²) in [6.07, 6.45) is 5.19. The van der Waals surface area contributed by atoms with Crippen molar-refractivity contribution in [1.82, 2.24) is 4.98 Å². The van der Waals surface area contributed by atoms with Gasteiger partial charge in [0, 0.05) is 11.6 Å². The Morgan fingerprint density at radius 3 is 2.81 bits per heavy atom. The van der Waals surface area contributed by atoms with Crippen LogP contribution in [0, 0.1) is 10.1 Å². The Kier molecular flexibility index (Phi) is 6.67. The van der Waals surface area contributed by atoms with E-state index in [0.29, 0.717) is 30.3 Å². The Balaban J connectivity index is 2.20. The van der Waals surface area contributed by atoms with Crippen LogP contribution in [0.2, 0.25) is 0 Å². The van der Waals surface area contributed by atoms with E-state index < -0.39 is 4.92 Å². The smallest absolute Gasteiger partial charge is 0.287 e. The molecule has 8 nitrogen and oxygen atoms in total. The number of nitrogens with zero attached hydrogens (tertiary/aromatic N) is 3. The van der Waals surface area contributed by atoms with Crippen molar-refractivity contribution >= 4 is 17.7 Å². The van der Waals surface area contributed by atoms with Gasteiger partial charge >= 0.3 is 0 Å². The number of rotatable bonds is 9. The fourth-order valence-electron chi connectivity index (χ4n) is 2.29. The summed E-state index contributed by atoms with van der Waals surface area (Å²) < 4.78 is 11.1. The summed E-state index contributed by atoms with van der Waals surface area (Å²) in [7, 11) is 1.60. The van der Waals surface area contributed by atoms with Crippen molar-refractivity contribution < 1.29 is 14.4 Å². The largest absolute Gasteiger partial charge is 0.493 e. The Morgan fingerprint density at radius 2 is 2.23 bits per heavy atom. The Bertz CT molecular complexity index is 804. The van der Waals surface area contributed by atoms with E-state index in [4.69, 9.17) is 9.47 Å². The molecule has 0 fully saturated rings. The summed E-state index contributed by atoms with van der Waals surface area (Å²) in [6.45, 7) is 6.17. The minimum atomic E-state index is -0.506. The lowest BCUT2D eigenvalue weighted by molar-refractivity contribution is -0.385. The highest BCUT2D eigenvalue weighted by atomic mass is 16.6. The maximum Gasteiger partial charge on any atom is 0.287 e. The molecule has 0 radical (unpaired) electrons. The Hall–Kier alpha value is -3.42. The Labute approximate surface area is 151 Å². The SMILES string of the molecule is C=CCc1cc(/C=N/Nc2ccc([N+](=O)[O-])cn2)cc(OCC)c1OC. The lowest BCUT2D eigenvalue weighted by atomic mass is 10.1. The van der Waals surface area contributed by atoms with Gasteiger partial charge in [-0.1, -0.05) is 6.08 Å². The molecule has 0 saturated heterocycles. The van der Waals surface area contributed by atoms with Gasteiger partial charge in [-0.05, 0) is 37.1 Å². The maximum atomic E-state index is 10.6. The van der Waals surface area contributed by atoms with Crippen LogP contribution in [0.5, 0.6) is 11.5 Å². The molecule has 0 unspecified atom stereocenters. The van der Waals surface area contributed by atoms with E-state index in [0.717, 1.165) is 11.1 Å². The number of hydrogen-bond acceptors (Lipinski definition) is 7. The van der Waals surface area contributed by atoms with Crippen LogP contribution in [0.1, 0.15) is 18.1 Å². The molecular weight excluding hydrogens is 336 g/mol. The molecule has 0 aliphatic heterocycles. The summed E-state index contributed by atoms with van der Waals surface area (Å²) >= 11 is 0. The zero-order chi connectivity index (χ0) is 18.9. The van der Waals surface area contributed by atoms with Gasteiger partial charge in [-0.2, -0.15) is 5.10 Å². The van der Waals surface area contributed by atoms with Gasteiger partial charge in [-0.3, -0.25) is 15.5 Å². The molecule has 0 aliphatic carbocycles. The molecule has 1 aromatic heterocycles. The molecule has 8 heteroatoms. The van der Waals surface area contributed by atoms with Gasteiger partial charge in [0.2, 0.25) is 0 Å². The molecule has 1 aromatic carbocycles. The molecule has 0 bridgehead atoms. The monoisotopic (exact) mass is 356 g/mol. The molecular formula is C18H20N4O4. The van der Waals surface area contributed by atoms with Gasteiger partial charge in [0.1, 0.15) is 12.0 Å². The van der Waals surface area contributed by atoms with Gasteiger partial charge in [-0.15, -0.1) is 6.58 Å².